The summed E-state index contributed by atoms with van der Waals surface area (Å²) in [5, 5.41) is 0. The van der Waals surface area contributed by atoms with Gasteiger partial charge >= 0.3 is 17.9 Å². The summed E-state index contributed by atoms with van der Waals surface area (Å²) in [6, 6.07) is 0. The van der Waals surface area contributed by atoms with Gasteiger partial charge in [-0.15, -0.1) is 0 Å². The zero-order valence-electron chi connectivity index (χ0n) is 45.4. The van der Waals surface area contributed by atoms with Crippen molar-refractivity contribution in [2.75, 3.05) is 13.2 Å². The summed E-state index contributed by atoms with van der Waals surface area (Å²) in [6.45, 7) is 6.34. The normalized spacial score (nSPS) is 13.2. The largest absolute Gasteiger partial charge is 0.462 e. The molecular weight excluding hydrogens is 877 g/mol. The van der Waals surface area contributed by atoms with Gasteiger partial charge in [0.25, 0.3) is 0 Å². The van der Waals surface area contributed by atoms with Gasteiger partial charge in [0, 0.05) is 19.3 Å². The fraction of sp³-hybridized carbons (Fsp3) is 0.585. The molecule has 0 saturated carbocycles. The van der Waals surface area contributed by atoms with Crippen molar-refractivity contribution in [3.63, 3.8) is 0 Å². The number of carbonyl (C=O) groups is 3. The molecule has 0 aromatic heterocycles. The summed E-state index contributed by atoms with van der Waals surface area (Å²) >= 11 is 0. The van der Waals surface area contributed by atoms with Gasteiger partial charge in [0.2, 0.25) is 0 Å². The number of allylic oxidation sites excluding steroid dienone is 24. The lowest BCUT2D eigenvalue weighted by Crippen LogP contribution is -2.30. The standard InChI is InChI=1S/C65H102O6/c1-4-7-10-13-16-19-22-25-28-31-32-35-37-40-43-46-49-52-55-58-64(67)70-61-62(71-65(68)59-56-53-50-47-44-41-38-34-30-27-24-21-18-15-12-9-6-3)60-69-63(66)57-54-51-48-45-42-39-36-33-29-26-23-20-17-14-11-8-5-2/h7,10,16-21,25-30,32,35,38,40-41,43,47,49-50,52,62H,4-6,8-9,11-15,22-24,31,33-34,36-37,39,42,44-46,48,51,53-61H2,1-3H3/b10-7-,19-16-,20-17-,21-18-,28-25-,29-26-,30-27-,35-32-,41-38-,43-40-,50-47-,52-49-/t62-/m0/s1. The lowest BCUT2D eigenvalue weighted by Gasteiger charge is -2.18. The molecule has 0 radical (unpaired) electrons. The van der Waals surface area contributed by atoms with E-state index >= 15 is 0 Å². The van der Waals surface area contributed by atoms with Crippen LogP contribution in [-0.4, -0.2) is 37.2 Å². The highest BCUT2D eigenvalue weighted by Crippen LogP contribution is 2.12. The summed E-state index contributed by atoms with van der Waals surface area (Å²) in [6.07, 6.45) is 82.8. The van der Waals surface area contributed by atoms with E-state index in [1.165, 1.54) is 77.0 Å². The maximum atomic E-state index is 12.8. The van der Waals surface area contributed by atoms with Crippen LogP contribution < -0.4 is 0 Å². The first-order chi connectivity index (χ1) is 35.0. The molecule has 6 nitrogen and oxygen atoms in total. The molecular formula is C65H102O6. The van der Waals surface area contributed by atoms with Crippen LogP contribution in [0.5, 0.6) is 0 Å². The van der Waals surface area contributed by atoms with Crippen LogP contribution in [0.4, 0.5) is 0 Å². The molecule has 0 fully saturated rings. The van der Waals surface area contributed by atoms with Crippen LogP contribution in [0.2, 0.25) is 0 Å². The zero-order valence-corrected chi connectivity index (χ0v) is 45.4. The highest BCUT2D eigenvalue weighted by molar-refractivity contribution is 5.71. The van der Waals surface area contributed by atoms with Gasteiger partial charge in [-0.3, -0.25) is 14.4 Å². The van der Waals surface area contributed by atoms with E-state index < -0.39 is 12.1 Å². The molecule has 0 amide bonds. The van der Waals surface area contributed by atoms with Crippen LogP contribution >= 0.6 is 0 Å². The highest BCUT2D eigenvalue weighted by atomic mass is 16.6. The third kappa shape index (κ3) is 56.1. The minimum Gasteiger partial charge on any atom is -0.462 e. The van der Waals surface area contributed by atoms with Gasteiger partial charge < -0.3 is 14.2 Å². The van der Waals surface area contributed by atoms with Gasteiger partial charge in [-0.25, -0.2) is 0 Å². The Balaban J connectivity index is 4.63. The van der Waals surface area contributed by atoms with E-state index in [9.17, 15) is 14.4 Å². The topological polar surface area (TPSA) is 78.9 Å². The second-order valence-corrected chi connectivity index (χ2v) is 18.1. The smallest absolute Gasteiger partial charge is 0.306 e. The molecule has 0 N–H and O–H groups in total. The van der Waals surface area contributed by atoms with Gasteiger partial charge in [-0.2, -0.15) is 0 Å². The van der Waals surface area contributed by atoms with Crippen molar-refractivity contribution >= 4 is 17.9 Å². The number of unbranched alkanes of at least 4 members (excludes halogenated alkanes) is 14. The molecule has 0 aromatic rings. The monoisotopic (exact) mass is 979 g/mol. The average Bonchev–Trinajstić information content (AvgIpc) is 3.37. The van der Waals surface area contributed by atoms with Gasteiger partial charge in [0.15, 0.2) is 6.10 Å². The highest BCUT2D eigenvalue weighted by Gasteiger charge is 2.19. The predicted molar refractivity (Wildman–Crippen MR) is 306 cm³/mol. The molecule has 0 unspecified atom stereocenters. The van der Waals surface area contributed by atoms with Crippen molar-refractivity contribution in [1.82, 2.24) is 0 Å². The molecule has 0 spiro atoms. The number of rotatable bonds is 49. The number of hydrogen-bond donors (Lipinski definition) is 0. The Bertz CT molecular complexity index is 1590. The van der Waals surface area contributed by atoms with Gasteiger partial charge in [0.1, 0.15) is 13.2 Å². The molecule has 0 aliphatic heterocycles. The van der Waals surface area contributed by atoms with E-state index in [0.717, 1.165) is 96.3 Å². The molecule has 71 heavy (non-hydrogen) atoms. The number of carbonyl (C=O) groups excluding carboxylic acids is 3. The van der Waals surface area contributed by atoms with Crippen LogP contribution in [0.1, 0.15) is 226 Å². The molecule has 0 rings (SSSR count). The Hall–Kier alpha value is -4.71. The molecule has 0 aliphatic carbocycles. The van der Waals surface area contributed by atoms with E-state index in [1.807, 2.05) is 12.2 Å². The van der Waals surface area contributed by atoms with E-state index in [4.69, 9.17) is 14.2 Å². The summed E-state index contributed by atoms with van der Waals surface area (Å²) in [5.41, 5.74) is 0. The fourth-order valence-electron chi connectivity index (χ4n) is 7.08. The molecule has 1 atom stereocenters. The van der Waals surface area contributed by atoms with E-state index in [1.54, 1.807) is 0 Å². The Morgan fingerprint density at radius 2 is 0.592 bits per heavy atom. The minimum atomic E-state index is -0.848. The van der Waals surface area contributed by atoms with Crippen LogP contribution in [0.3, 0.4) is 0 Å². The first-order valence-electron chi connectivity index (χ1n) is 28.3. The lowest BCUT2D eigenvalue weighted by molar-refractivity contribution is -0.166. The Morgan fingerprint density at radius 1 is 0.296 bits per heavy atom. The lowest BCUT2D eigenvalue weighted by atomic mass is 10.1. The van der Waals surface area contributed by atoms with Crippen molar-refractivity contribution in [1.29, 1.82) is 0 Å². The molecule has 0 aliphatic rings. The van der Waals surface area contributed by atoms with Crippen molar-refractivity contribution in [2.24, 2.45) is 0 Å². The maximum Gasteiger partial charge on any atom is 0.306 e. The van der Waals surface area contributed by atoms with Crippen molar-refractivity contribution < 1.29 is 28.6 Å². The Kier molecular flexibility index (Phi) is 54.0. The Labute approximate surface area is 436 Å². The maximum absolute atomic E-state index is 12.8. The van der Waals surface area contributed by atoms with E-state index in [-0.39, 0.29) is 38.0 Å². The zero-order chi connectivity index (χ0) is 51.4. The third-order valence-electron chi connectivity index (χ3n) is 11.3. The summed E-state index contributed by atoms with van der Waals surface area (Å²) in [7, 11) is 0. The van der Waals surface area contributed by atoms with Crippen molar-refractivity contribution in [3.8, 4) is 0 Å². The van der Waals surface area contributed by atoms with Gasteiger partial charge in [-0.1, -0.05) is 224 Å². The first kappa shape index (κ1) is 66.3. The third-order valence-corrected chi connectivity index (χ3v) is 11.3. The summed E-state index contributed by atoms with van der Waals surface area (Å²) in [4.78, 5) is 38.1. The average molecular weight is 980 g/mol. The van der Waals surface area contributed by atoms with Gasteiger partial charge in [-0.05, 0) is 128 Å². The van der Waals surface area contributed by atoms with Crippen LogP contribution in [0, 0.1) is 0 Å². The van der Waals surface area contributed by atoms with Crippen LogP contribution in [0.15, 0.2) is 146 Å². The summed E-state index contributed by atoms with van der Waals surface area (Å²) in [5.74, 6) is -1.09. The molecule has 0 heterocycles. The van der Waals surface area contributed by atoms with Gasteiger partial charge in [0.05, 0.1) is 0 Å². The summed E-state index contributed by atoms with van der Waals surface area (Å²) < 4.78 is 16.7. The minimum absolute atomic E-state index is 0.133. The molecule has 0 aromatic carbocycles. The molecule has 0 bridgehead atoms. The quantitative estimate of drug-likeness (QED) is 0.0262. The predicted octanol–water partition coefficient (Wildman–Crippen LogP) is 19.2. The number of hydrogen-bond acceptors (Lipinski definition) is 6. The SMILES string of the molecule is CC/C=C\C/C=C\C/C=C\C/C=C\C/C=C\C/C=C\CCC(=O)OC[C@H](COC(=O)CCCCCCCCC/C=C\C/C=C\CCCCC)OC(=O)CCC/C=C\C/C=C\C/C=C\C/C=C\CCCCC. The van der Waals surface area contributed by atoms with E-state index in [0.29, 0.717) is 19.3 Å². The van der Waals surface area contributed by atoms with E-state index in [2.05, 4.69) is 154 Å². The number of ether oxygens (including phenoxy) is 3. The molecule has 398 valence electrons. The van der Waals surface area contributed by atoms with Crippen molar-refractivity contribution in [3.05, 3.63) is 146 Å². The second kappa shape index (κ2) is 57.9. The Morgan fingerprint density at radius 3 is 0.986 bits per heavy atom. The van der Waals surface area contributed by atoms with Crippen LogP contribution in [-0.2, 0) is 28.6 Å². The first-order valence-corrected chi connectivity index (χ1v) is 28.3. The molecule has 0 saturated heterocycles. The van der Waals surface area contributed by atoms with Crippen molar-refractivity contribution in [2.45, 2.75) is 232 Å². The fourth-order valence-corrected chi connectivity index (χ4v) is 7.08. The number of esters is 3. The second-order valence-electron chi connectivity index (χ2n) is 18.1. The van der Waals surface area contributed by atoms with Crippen LogP contribution in [0.25, 0.3) is 0 Å². The molecule has 6 heteroatoms.